The minimum Gasteiger partial charge on any atom is -0.228 e. The van der Waals surface area contributed by atoms with Crippen molar-refractivity contribution in [2.45, 2.75) is 34.6 Å². The van der Waals surface area contributed by atoms with Crippen LogP contribution in [0.25, 0.3) is 89.4 Å². The first kappa shape index (κ1) is 26.9. The zero-order valence-electron chi connectivity index (χ0n) is 25.9. The van der Waals surface area contributed by atoms with Gasteiger partial charge in [0.1, 0.15) is 0 Å². The summed E-state index contributed by atoms with van der Waals surface area (Å²) < 4.78 is 4.19. The Morgan fingerprint density at radius 1 is 0.378 bits per heavy atom. The molecule has 4 aromatic heterocycles. The molecule has 0 fully saturated rings. The van der Waals surface area contributed by atoms with E-state index in [1.165, 1.54) is 0 Å². The van der Waals surface area contributed by atoms with E-state index in [0.717, 1.165) is 83.3 Å². The lowest BCUT2D eigenvalue weighted by molar-refractivity contribution is 0.885. The van der Waals surface area contributed by atoms with Crippen molar-refractivity contribution in [2.75, 3.05) is 0 Å². The van der Waals surface area contributed by atoms with Crippen LogP contribution in [0.3, 0.4) is 0 Å². The van der Waals surface area contributed by atoms with Gasteiger partial charge in [0.25, 0.3) is 0 Å². The van der Waals surface area contributed by atoms with Crippen molar-refractivity contribution in [3.8, 4) is 45.3 Å². The number of fused-ring (bicyclic) bond motifs is 16. The van der Waals surface area contributed by atoms with E-state index >= 15 is 0 Å². The zero-order valence-corrected chi connectivity index (χ0v) is 25.9. The molecule has 218 valence electrons. The van der Waals surface area contributed by atoms with Gasteiger partial charge in [0.2, 0.25) is 0 Å². The van der Waals surface area contributed by atoms with Crippen LogP contribution in [0.15, 0.2) is 97.1 Å². The third-order valence-corrected chi connectivity index (χ3v) is 8.45. The summed E-state index contributed by atoms with van der Waals surface area (Å²) in [6.45, 7) is 10.1. The van der Waals surface area contributed by atoms with Crippen molar-refractivity contribution in [1.29, 1.82) is 0 Å². The minimum atomic E-state index is 0.649. The molecule has 0 spiro atoms. The van der Waals surface area contributed by atoms with Crippen LogP contribution >= 0.6 is 0 Å². The summed E-state index contributed by atoms with van der Waals surface area (Å²) in [6, 6.07) is 33.2. The van der Waals surface area contributed by atoms with Crippen molar-refractivity contribution in [1.82, 2.24) is 34.0 Å². The summed E-state index contributed by atoms with van der Waals surface area (Å²) in [5.41, 5.74) is 10.1. The monoisotopic (exact) mass is 585 g/mol. The first-order valence-corrected chi connectivity index (χ1v) is 15.6. The third kappa shape index (κ3) is 3.61. The number of benzene rings is 4. The molecule has 4 aromatic carbocycles. The Labute approximate surface area is 260 Å². The second-order valence-electron chi connectivity index (χ2n) is 10.6. The molecular weight excluding hydrogens is 554 g/mol. The average Bonchev–Trinajstić information content (AvgIpc) is 3.80. The fourth-order valence-electron chi connectivity index (χ4n) is 6.59. The Morgan fingerprint density at radius 3 is 1.07 bits per heavy atom. The Kier molecular flexibility index (Phi) is 6.10. The van der Waals surface area contributed by atoms with Gasteiger partial charge < -0.3 is 0 Å². The molecule has 8 aromatic rings. The van der Waals surface area contributed by atoms with E-state index < -0.39 is 0 Å². The smallest absolute Gasteiger partial charge is 0.164 e. The summed E-state index contributed by atoms with van der Waals surface area (Å²) in [5, 5.41) is 3.99. The molecule has 1 aliphatic carbocycles. The Morgan fingerprint density at radius 2 is 0.689 bits per heavy atom. The molecular formula is C38H31N7. The van der Waals surface area contributed by atoms with Gasteiger partial charge in [-0.25, -0.2) is 34.0 Å². The number of hydrogen-bond acceptors (Lipinski definition) is 5. The maximum atomic E-state index is 5.44. The highest BCUT2D eigenvalue weighted by Crippen LogP contribution is 2.43. The number of nitrogens with zero attached hydrogens (tertiary/aromatic N) is 7. The summed E-state index contributed by atoms with van der Waals surface area (Å²) in [5.74, 6) is 1.30. The van der Waals surface area contributed by atoms with Crippen LogP contribution in [0.5, 0.6) is 0 Å². The predicted octanol–water partition coefficient (Wildman–Crippen LogP) is 9.41. The quantitative estimate of drug-likeness (QED) is 0.177. The Hall–Kier alpha value is -5.69. The van der Waals surface area contributed by atoms with Gasteiger partial charge in [0.15, 0.2) is 34.2 Å². The van der Waals surface area contributed by atoms with Crippen molar-refractivity contribution >= 4 is 44.1 Å². The molecule has 0 N–H and O–H groups in total. The summed E-state index contributed by atoms with van der Waals surface area (Å²) >= 11 is 0. The molecule has 0 atom stereocenters. The normalized spacial score (nSPS) is 11.7. The average molecular weight is 586 g/mol. The van der Waals surface area contributed by atoms with Crippen molar-refractivity contribution in [2.24, 2.45) is 0 Å². The lowest BCUT2D eigenvalue weighted by atomic mass is 10.1. The Balaban J connectivity index is 0.000000725. The van der Waals surface area contributed by atoms with Gasteiger partial charge in [0, 0.05) is 49.4 Å². The fraction of sp³-hybridized carbons (Fsp3) is 0.132. The molecule has 0 unspecified atom stereocenters. The predicted molar refractivity (Wildman–Crippen MR) is 184 cm³/mol. The van der Waals surface area contributed by atoms with E-state index in [2.05, 4.69) is 88.8 Å². The summed E-state index contributed by atoms with van der Waals surface area (Å²) in [4.78, 5) is 26.4. The van der Waals surface area contributed by atoms with Crippen LogP contribution in [0.4, 0.5) is 0 Å². The lowest BCUT2D eigenvalue weighted by Crippen LogP contribution is -2.02. The molecule has 7 nitrogen and oxygen atoms in total. The van der Waals surface area contributed by atoms with Gasteiger partial charge in [-0.3, -0.25) is 0 Å². The van der Waals surface area contributed by atoms with Crippen LogP contribution in [0.2, 0.25) is 0 Å². The zero-order chi connectivity index (χ0) is 30.8. The van der Waals surface area contributed by atoms with Gasteiger partial charge in [-0.15, -0.1) is 0 Å². The minimum absolute atomic E-state index is 0.649. The van der Waals surface area contributed by atoms with Gasteiger partial charge in [-0.2, -0.15) is 0 Å². The van der Waals surface area contributed by atoms with E-state index in [1.807, 2.05) is 52.0 Å². The van der Waals surface area contributed by atoms with Gasteiger partial charge >= 0.3 is 0 Å². The molecule has 1 aliphatic heterocycles. The van der Waals surface area contributed by atoms with E-state index in [-0.39, 0.29) is 0 Å². The second kappa shape index (κ2) is 10.2. The highest BCUT2D eigenvalue weighted by Gasteiger charge is 2.26. The first-order chi connectivity index (χ1) is 22.3. The van der Waals surface area contributed by atoms with Crippen molar-refractivity contribution in [3.05, 3.63) is 103 Å². The molecule has 4 bridgehead atoms. The van der Waals surface area contributed by atoms with Crippen LogP contribution < -0.4 is 0 Å². The van der Waals surface area contributed by atoms with E-state index in [4.69, 9.17) is 24.9 Å². The second-order valence-corrected chi connectivity index (χ2v) is 10.6. The number of rotatable bonds is 0. The van der Waals surface area contributed by atoms with Crippen LogP contribution in [-0.4, -0.2) is 34.0 Å². The number of hydrogen-bond donors (Lipinski definition) is 0. The maximum Gasteiger partial charge on any atom is 0.164 e. The molecule has 0 radical (unpaired) electrons. The van der Waals surface area contributed by atoms with E-state index in [9.17, 15) is 0 Å². The molecule has 7 heteroatoms. The Bertz CT molecular complexity index is 2380. The van der Waals surface area contributed by atoms with Crippen molar-refractivity contribution in [3.63, 3.8) is 0 Å². The van der Waals surface area contributed by atoms with Crippen LogP contribution in [0, 0.1) is 6.92 Å². The molecule has 0 saturated heterocycles. The van der Waals surface area contributed by atoms with E-state index in [0.29, 0.717) is 11.6 Å². The fourth-order valence-corrected chi connectivity index (χ4v) is 6.59. The highest BCUT2D eigenvalue weighted by molar-refractivity contribution is 6.09. The largest absolute Gasteiger partial charge is 0.228 e. The van der Waals surface area contributed by atoms with Gasteiger partial charge in [-0.1, -0.05) is 125 Å². The van der Waals surface area contributed by atoms with Crippen molar-refractivity contribution < 1.29 is 0 Å². The standard InChI is InChI=1S/C34H19N7.2C2H6/c1-18-27-19-10-2-3-11-20(19)28(18)36-32-24-15-7-9-17-26(24)34-39-30-22-13-5-4-12-21(22)29(37-30)38-33-25-16-8-6-14-23(25)31(35-27)40(33)41(32)34;2*1-2/h2-17H,1H3;2*1-2H3. The van der Waals surface area contributed by atoms with E-state index in [1.54, 1.807) is 0 Å². The SMILES string of the molecule is CC.CC.Cc1c2nc3c4ccccc4c4nc5nc(nc6c7ccccc7c(nc1-c1ccccc1-2)n6n43)-c1ccccc1-5. The molecule has 5 heterocycles. The van der Waals surface area contributed by atoms with Gasteiger partial charge in [0.05, 0.1) is 11.4 Å². The highest BCUT2D eigenvalue weighted by atomic mass is 15.4. The maximum absolute atomic E-state index is 5.44. The molecule has 0 amide bonds. The molecule has 45 heavy (non-hydrogen) atoms. The topological polar surface area (TPSA) is 73.3 Å². The van der Waals surface area contributed by atoms with Gasteiger partial charge in [-0.05, 0) is 6.92 Å². The third-order valence-electron chi connectivity index (χ3n) is 8.45. The molecule has 0 saturated carbocycles. The molecule has 10 rings (SSSR count). The summed E-state index contributed by atoms with van der Waals surface area (Å²) in [6.07, 6.45) is 0. The number of aromatic nitrogens is 7. The lowest BCUT2D eigenvalue weighted by Gasteiger charge is -2.04. The van der Waals surface area contributed by atoms with Crippen LogP contribution in [0.1, 0.15) is 33.3 Å². The first-order valence-electron chi connectivity index (χ1n) is 15.6. The van der Waals surface area contributed by atoms with Crippen LogP contribution in [-0.2, 0) is 0 Å². The molecule has 2 aliphatic rings. The summed E-state index contributed by atoms with van der Waals surface area (Å²) in [7, 11) is 0.